The van der Waals surface area contributed by atoms with Crippen LogP contribution in [-0.4, -0.2) is 17.9 Å². The van der Waals surface area contributed by atoms with Gasteiger partial charge in [-0.2, -0.15) is 0 Å². The minimum absolute atomic E-state index is 0.862. The Morgan fingerprint density at radius 1 is 1.38 bits per heavy atom. The van der Waals surface area contributed by atoms with Crippen LogP contribution in [0.3, 0.4) is 0 Å². The van der Waals surface area contributed by atoms with Crippen molar-refractivity contribution in [1.82, 2.24) is 0 Å². The molecule has 1 aromatic carbocycles. The zero-order chi connectivity index (χ0) is 12.0. The zero-order valence-corrected chi connectivity index (χ0v) is 11.2. The van der Waals surface area contributed by atoms with Gasteiger partial charge in [0.1, 0.15) is 5.75 Å². The highest BCUT2D eigenvalue weighted by Gasteiger charge is 2.01. The maximum Gasteiger partial charge on any atom is 0.121 e. The SMILES string of the molecule is CCSC(CC)=Nc1cc(OC)ccc1C. The number of hydrogen-bond acceptors (Lipinski definition) is 3. The first-order chi connectivity index (χ1) is 7.71. The molecule has 0 heterocycles. The summed E-state index contributed by atoms with van der Waals surface area (Å²) in [5.74, 6) is 1.93. The standard InChI is InChI=1S/C13H19NOS/c1-5-13(16-6-2)14-12-9-11(15-4)8-7-10(12)3/h7-9H,5-6H2,1-4H3. The molecule has 0 aliphatic heterocycles. The van der Waals surface area contributed by atoms with Crippen molar-refractivity contribution < 1.29 is 4.74 Å². The van der Waals surface area contributed by atoms with Crippen LogP contribution < -0.4 is 4.74 Å². The fourth-order valence-corrected chi connectivity index (χ4v) is 2.05. The van der Waals surface area contributed by atoms with Gasteiger partial charge in [0.25, 0.3) is 0 Å². The van der Waals surface area contributed by atoms with Crippen molar-refractivity contribution in [3.05, 3.63) is 23.8 Å². The van der Waals surface area contributed by atoms with E-state index in [0.29, 0.717) is 0 Å². The van der Waals surface area contributed by atoms with E-state index in [2.05, 4.69) is 25.8 Å². The molecular weight excluding hydrogens is 218 g/mol. The van der Waals surface area contributed by atoms with Gasteiger partial charge >= 0.3 is 0 Å². The summed E-state index contributed by atoms with van der Waals surface area (Å²) in [5, 5.41) is 1.18. The molecule has 1 rings (SSSR count). The molecule has 0 fully saturated rings. The number of benzene rings is 1. The van der Waals surface area contributed by atoms with Gasteiger partial charge in [0.15, 0.2) is 0 Å². The molecule has 0 aliphatic carbocycles. The highest BCUT2D eigenvalue weighted by molar-refractivity contribution is 8.13. The molecule has 0 atom stereocenters. The van der Waals surface area contributed by atoms with Crippen LogP contribution in [-0.2, 0) is 0 Å². The van der Waals surface area contributed by atoms with Gasteiger partial charge in [-0.25, -0.2) is 4.99 Å². The Morgan fingerprint density at radius 3 is 2.69 bits per heavy atom. The lowest BCUT2D eigenvalue weighted by Gasteiger charge is -2.06. The number of hydrogen-bond donors (Lipinski definition) is 0. The van der Waals surface area contributed by atoms with E-state index < -0.39 is 0 Å². The molecule has 0 unspecified atom stereocenters. The number of nitrogens with zero attached hydrogens (tertiary/aromatic N) is 1. The van der Waals surface area contributed by atoms with Gasteiger partial charge in [0, 0.05) is 6.07 Å². The highest BCUT2D eigenvalue weighted by atomic mass is 32.2. The third-order valence-electron chi connectivity index (χ3n) is 2.27. The van der Waals surface area contributed by atoms with Crippen LogP contribution in [0, 0.1) is 6.92 Å². The maximum absolute atomic E-state index is 5.21. The van der Waals surface area contributed by atoms with Gasteiger partial charge < -0.3 is 4.74 Å². The minimum atomic E-state index is 0.862. The largest absolute Gasteiger partial charge is 0.497 e. The molecule has 2 nitrogen and oxygen atoms in total. The Bertz CT molecular complexity index is 374. The molecular formula is C13H19NOS. The monoisotopic (exact) mass is 237 g/mol. The van der Waals surface area contributed by atoms with E-state index in [1.165, 1.54) is 10.6 Å². The predicted molar refractivity (Wildman–Crippen MR) is 73.2 cm³/mol. The van der Waals surface area contributed by atoms with E-state index in [4.69, 9.17) is 4.74 Å². The summed E-state index contributed by atoms with van der Waals surface area (Å²) in [5.41, 5.74) is 2.20. The van der Waals surface area contributed by atoms with Crippen LogP contribution in [0.5, 0.6) is 5.75 Å². The van der Waals surface area contributed by atoms with Crippen molar-refractivity contribution in [1.29, 1.82) is 0 Å². The van der Waals surface area contributed by atoms with Crippen molar-refractivity contribution in [2.45, 2.75) is 27.2 Å². The second kappa shape index (κ2) is 6.59. The molecule has 16 heavy (non-hydrogen) atoms. The van der Waals surface area contributed by atoms with Gasteiger partial charge in [-0.15, -0.1) is 11.8 Å². The van der Waals surface area contributed by atoms with E-state index in [1.807, 2.05) is 18.2 Å². The van der Waals surface area contributed by atoms with Gasteiger partial charge in [0.2, 0.25) is 0 Å². The lowest BCUT2D eigenvalue weighted by atomic mass is 10.2. The fraction of sp³-hybridized carbons (Fsp3) is 0.462. The van der Waals surface area contributed by atoms with Gasteiger partial charge in [0.05, 0.1) is 17.8 Å². The summed E-state index contributed by atoms with van der Waals surface area (Å²) in [4.78, 5) is 4.67. The second-order valence-corrected chi connectivity index (χ2v) is 4.78. The minimum Gasteiger partial charge on any atom is -0.497 e. The number of aryl methyl sites for hydroxylation is 1. The summed E-state index contributed by atoms with van der Waals surface area (Å²) in [7, 11) is 1.68. The molecule has 0 aliphatic rings. The van der Waals surface area contributed by atoms with Crippen LogP contribution in [0.15, 0.2) is 23.2 Å². The first kappa shape index (κ1) is 13.1. The van der Waals surface area contributed by atoms with E-state index >= 15 is 0 Å². The molecule has 0 amide bonds. The summed E-state index contributed by atoms with van der Waals surface area (Å²) in [6.07, 6.45) is 0.981. The molecule has 0 aromatic heterocycles. The number of aliphatic imine (C=N–C) groups is 1. The van der Waals surface area contributed by atoms with Gasteiger partial charge in [-0.05, 0) is 30.7 Å². The number of ether oxygens (including phenoxy) is 1. The van der Waals surface area contributed by atoms with E-state index in [1.54, 1.807) is 18.9 Å². The number of thioether (sulfide) groups is 1. The Balaban J connectivity index is 3.01. The first-order valence-corrected chi connectivity index (χ1v) is 6.54. The lowest BCUT2D eigenvalue weighted by Crippen LogP contribution is -1.90. The Morgan fingerprint density at radius 2 is 2.12 bits per heavy atom. The molecule has 3 heteroatoms. The smallest absolute Gasteiger partial charge is 0.121 e. The molecule has 0 saturated heterocycles. The van der Waals surface area contributed by atoms with Crippen molar-refractivity contribution >= 4 is 22.5 Å². The first-order valence-electron chi connectivity index (χ1n) is 5.56. The van der Waals surface area contributed by atoms with Crippen LogP contribution in [0.4, 0.5) is 5.69 Å². The second-order valence-electron chi connectivity index (χ2n) is 3.44. The van der Waals surface area contributed by atoms with Crippen molar-refractivity contribution in [3.8, 4) is 5.75 Å². The predicted octanol–water partition coefficient (Wildman–Crippen LogP) is 4.20. The molecule has 88 valence electrons. The zero-order valence-electron chi connectivity index (χ0n) is 10.4. The third-order valence-corrected chi connectivity index (χ3v) is 3.28. The summed E-state index contributed by atoms with van der Waals surface area (Å²) < 4.78 is 5.21. The highest BCUT2D eigenvalue weighted by Crippen LogP contribution is 2.26. The molecule has 0 saturated carbocycles. The van der Waals surface area contributed by atoms with Crippen molar-refractivity contribution in [3.63, 3.8) is 0 Å². The quantitative estimate of drug-likeness (QED) is 0.578. The molecule has 0 bridgehead atoms. The van der Waals surface area contributed by atoms with E-state index in [-0.39, 0.29) is 0 Å². The van der Waals surface area contributed by atoms with Crippen molar-refractivity contribution in [2.75, 3.05) is 12.9 Å². The summed E-state index contributed by atoms with van der Waals surface area (Å²) in [6.45, 7) is 6.35. The normalized spacial score (nSPS) is 11.6. The Kier molecular flexibility index (Phi) is 5.39. The van der Waals surface area contributed by atoms with Crippen LogP contribution in [0.1, 0.15) is 25.8 Å². The Hall–Kier alpha value is -0.960. The topological polar surface area (TPSA) is 21.6 Å². The van der Waals surface area contributed by atoms with Gasteiger partial charge in [-0.3, -0.25) is 0 Å². The Labute approximate surface area is 102 Å². The van der Waals surface area contributed by atoms with E-state index in [0.717, 1.165) is 23.6 Å². The van der Waals surface area contributed by atoms with E-state index in [9.17, 15) is 0 Å². The van der Waals surface area contributed by atoms with Crippen LogP contribution in [0.2, 0.25) is 0 Å². The lowest BCUT2D eigenvalue weighted by molar-refractivity contribution is 0.415. The average molecular weight is 237 g/mol. The summed E-state index contributed by atoms with van der Waals surface area (Å²) in [6, 6.07) is 6.00. The third kappa shape index (κ3) is 3.56. The summed E-state index contributed by atoms with van der Waals surface area (Å²) >= 11 is 1.80. The fourth-order valence-electron chi connectivity index (χ4n) is 1.35. The van der Waals surface area contributed by atoms with Crippen LogP contribution >= 0.6 is 11.8 Å². The molecule has 1 aromatic rings. The number of methoxy groups -OCH3 is 1. The van der Waals surface area contributed by atoms with Gasteiger partial charge in [-0.1, -0.05) is 19.9 Å². The molecule has 0 spiro atoms. The van der Waals surface area contributed by atoms with Crippen LogP contribution in [0.25, 0.3) is 0 Å². The number of rotatable bonds is 4. The van der Waals surface area contributed by atoms with Crippen molar-refractivity contribution in [2.24, 2.45) is 4.99 Å². The average Bonchev–Trinajstić information content (AvgIpc) is 2.31. The molecule has 0 N–H and O–H groups in total. The maximum atomic E-state index is 5.21. The molecule has 0 radical (unpaired) electrons.